The largest absolute Gasteiger partial charge is 0.495 e. The number of amides is 1. The van der Waals surface area contributed by atoms with Gasteiger partial charge in [-0.25, -0.2) is 0 Å². The van der Waals surface area contributed by atoms with Gasteiger partial charge in [0, 0.05) is 5.56 Å². The van der Waals surface area contributed by atoms with Crippen LogP contribution in [0.4, 0.5) is 5.69 Å². The average Bonchev–Trinajstić information content (AvgIpc) is 2.68. The van der Waals surface area contributed by atoms with Gasteiger partial charge >= 0.3 is 0 Å². The maximum atomic E-state index is 12.7. The second-order valence-corrected chi connectivity index (χ2v) is 6.57. The summed E-state index contributed by atoms with van der Waals surface area (Å²) in [4.78, 5) is 13.8. The van der Waals surface area contributed by atoms with Crippen LogP contribution in [0.25, 0.3) is 0 Å². The topological polar surface area (TPSA) is 61.2 Å². The number of quaternary nitrogens is 1. The van der Waals surface area contributed by atoms with Gasteiger partial charge in [0.1, 0.15) is 12.3 Å². The van der Waals surface area contributed by atoms with Crippen molar-refractivity contribution in [2.45, 2.75) is 26.4 Å². The van der Waals surface area contributed by atoms with Gasteiger partial charge in [-0.3, -0.25) is 4.79 Å². The van der Waals surface area contributed by atoms with Gasteiger partial charge in [0.05, 0.1) is 34.1 Å². The summed E-state index contributed by atoms with van der Waals surface area (Å²) in [5.41, 5.74) is 2.89. The molecule has 0 bridgehead atoms. The normalized spacial score (nSPS) is 12.8. The van der Waals surface area contributed by atoms with Gasteiger partial charge in [-0.05, 0) is 43.7 Å². The zero-order valence-electron chi connectivity index (χ0n) is 16.9. The smallest absolute Gasteiger partial charge is 0.282 e. The van der Waals surface area contributed by atoms with Gasteiger partial charge in [-0.2, -0.15) is 0 Å². The lowest BCUT2D eigenvalue weighted by Crippen LogP contribution is -3.12. The highest BCUT2D eigenvalue weighted by atomic mass is 16.5. The highest BCUT2D eigenvalue weighted by molar-refractivity contribution is 5.94. The lowest BCUT2D eigenvalue weighted by molar-refractivity contribution is -0.907. The molecule has 0 spiro atoms. The Morgan fingerprint density at radius 3 is 2.26 bits per heavy atom. The quantitative estimate of drug-likeness (QED) is 0.744. The molecule has 0 fully saturated rings. The maximum absolute atomic E-state index is 12.7. The SMILES string of the molecule is COc1ccccc1NC(=O)[C@H](C)[NH+](C)Cc1cc(OC)c(OC)cc1C. The fourth-order valence-electron chi connectivity index (χ4n) is 2.88. The van der Waals surface area contributed by atoms with Crippen molar-refractivity contribution in [1.29, 1.82) is 0 Å². The zero-order chi connectivity index (χ0) is 20.0. The Labute approximate surface area is 161 Å². The molecule has 0 aliphatic heterocycles. The van der Waals surface area contributed by atoms with Gasteiger partial charge in [0.15, 0.2) is 17.5 Å². The summed E-state index contributed by atoms with van der Waals surface area (Å²) < 4.78 is 16.0. The van der Waals surface area contributed by atoms with Gasteiger partial charge < -0.3 is 24.4 Å². The number of nitrogens with one attached hydrogen (secondary N) is 2. The Kier molecular flexibility index (Phi) is 7.07. The fraction of sp³-hybridized carbons (Fsp3) is 0.381. The number of carbonyl (C=O) groups is 1. The van der Waals surface area contributed by atoms with E-state index >= 15 is 0 Å². The van der Waals surface area contributed by atoms with E-state index in [0.29, 0.717) is 29.5 Å². The van der Waals surface area contributed by atoms with Crippen molar-refractivity contribution >= 4 is 11.6 Å². The third kappa shape index (κ3) is 4.92. The second-order valence-electron chi connectivity index (χ2n) is 6.57. The molecule has 1 unspecified atom stereocenters. The Bertz CT molecular complexity index is 792. The Morgan fingerprint density at radius 1 is 1.04 bits per heavy atom. The molecule has 2 aromatic rings. The molecule has 0 aromatic heterocycles. The predicted molar refractivity (Wildman–Crippen MR) is 106 cm³/mol. The van der Waals surface area contributed by atoms with E-state index in [1.807, 2.05) is 57.3 Å². The second kappa shape index (κ2) is 9.28. The number of benzene rings is 2. The van der Waals surface area contributed by atoms with Crippen molar-refractivity contribution in [1.82, 2.24) is 0 Å². The van der Waals surface area contributed by atoms with E-state index in [-0.39, 0.29) is 11.9 Å². The lowest BCUT2D eigenvalue weighted by atomic mass is 10.1. The van der Waals surface area contributed by atoms with E-state index in [1.165, 1.54) is 0 Å². The van der Waals surface area contributed by atoms with Crippen LogP contribution >= 0.6 is 0 Å². The van der Waals surface area contributed by atoms with Crippen molar-refractivity contribution in [3.05, 3.63) is 47.5 Å². The summed E-state index contributed by atoms with van der Waals surface area (Å²) in [5, 5.41) is 2.95. The minimum absolute atomic E-state index is 0.0601. The van der Waals surface area contributed by atoms with Crippen molar-refractivity contribution in [3.8, 4) is 17.2 Å². The molecule has 2 N–H and O–H groups in total. The Hall–Kier alpha value is -2.73. The lowest BCUT2D eigenvalue weighted by Gasteiger charge is -2.23. The van der Waals surface area contributed by atoms with E-state index in [9.17, 15) is 4.79 Å². The molecule has 0 heterocycles. The first-order chi connectivity index (χ1) is 12.9. The number of hydrogen-bond acceptors (Lipinski definition) is 4. The average molecular weight is 373 g/mol. The summed E-state index contributed by atoms with van der Waals surface area (Å²) in [6.07, 6.45) is 0. The van der Waals surface area contributed by atoms with E-state index in [2.05, 4.69) is 5.32 Å². The zero-order valence-corrected chi connectivity index (χ0v) is 16.9. The molecular formula is C21H29N2O4+. The van der Waals surface area contributed by atoms with Crippen molar-refractivity contribution < 1.29 is 23.9 Å². The number of hydrogen-bond donors (Lipinski definition) is 2. The van der Waals surface area contributed by atoms with Crippen molar-refractivity contribution in [2.24, 2.45) is 0 Å². The van der Waals surface area contributed by atoms with Crippen LogP contribution < -0.4 is 24.4 Å². The number of carbonyl (C=O) groups excluding carboxylic acids is 1. The van der Waals surface area contributed by atoms with Crippen molar-refractivity contribution in [2.75, 3.05) is 33.7 Å². The molecule has 0 aliphatic carbocycles. The molecule has 2 atom stereocenters. The van der Waals surface area contributed by atoms with Crippen LogP contribution in [0, 0.1) is 6.92 Å². The van der Waals surface area contributed by atoms with Crippen LogP contribution in [-0.2, 0) is 11.3 Å². The minimum atomic E-state index is -0.248. The maximum Gasteiger partial charge on any atom is 0.282 e. The first-order valence-electron chi connectivity index (χ1n) is 8.89. The van der Waals surface area contributed by atoms with Gasteiger partial charge in [0.25, 0.3) is 5.91 Å². The van der Waals surface area contributed by atoms with Gasteiger partial charge in [-0.1, -0.05) is 12.1 Å². The molecule has 2 aromatic carbocycles. The Balaban J connectivity index is 2.11. The number of anilines is 1. The Morgan fingerprint density at radius 2 is 1.63 bits per heavy atom. The van der Waals surface area contributed by atoms with E-state index < -0.39 is 0 Å². The molecule has 6 heteroatoms. The van der Waals surface area contributed by atoms with Crippen LogP contribution in [0.1, 0.15) is 18.1 Å². The van der Waals surface area contributed by atoms with Crippen LogP contribution in [-0.4, -0.2) is 40.3 Å². The summed E-state index contributed by atoms with van der Waals surface area (Å²) in [6, 6.07) is 11.1. The molecule has 0 saturated heterocycles. The number of methoxy groups -OCH3 is 3. The summed E-state index contributed by atoms with van der Waals surface area (Å²) in [7, 11) is 6.84. The molecule has 0 saturated carbocycles. The monoisotopic (exact) mass is 373 g/mol. The van der Waals surface area contributed by atoms with Gasteiger partial charge in [0.2, 0.25) is 0 Å². The predicted octanol–water partition coefficient (Wildman–Crippen LogP) is 2.06. The fourth-order valence-corrected chi connectivity index (χ4v) is 2.88. The standard InChI is InChI=1S/C21H28N2O4/c1-14-11-19(26-5)20(27-6)12-16(14)13-23(3)15(2)21(24)22-17-9-7-8-10-18(17)25-4/h7-12,15H,13H2,1-6H3,(H,22,24)/p+1/t15-/m0/s1. The third-order valence-electron chi connectivity index (χ3n) is 4.81. The van der Waals surface area contributed by atoms with E-state index in [1.54, 1.807) is 21.3 Å². The summed E-state index contributed by atoms with van der Waals surface area (Å²) >= 11 is 0. The molecule has 0 aliphatic rings. The molecule has 27 heavy (non-hydrogen) atoms. The van der Waals surface area contributed by atoms with Crippen molar-refractivity contribution in [3.63, 3.8) is 0 Å². The van der Waals surface area contributed by atoms with E-state index in [0.717, 1.165) is 16.0 Å². The highest BCUT2D eigenvalue weighted by Gasteiger charge is 2.24. The highest BCUT2D eigenvalue weighted by Crippen LogP contribution is 2.30. The van der Waals surface area contributed by atoms with Crippen LogP contribution in [0.2, 0.25) is 0 Å². The third-order valence-corrected chi connectivity index (χ3v) is 4.81. The van der Waals surface area contributed by atoms with Crippen LogP contribution in [0.3, 0.4) is 0 Å². The molecule has 1 amide bonds. The number of ether oxygens (including phenoxy) is 3. The van der Waals surface area contributed by atoms with Crippen LogP contribution in [0.5, 0.6) is 17.2 Å². The number of likely N-dealkylation sites (N-methyl/N-ethyl adjacent to an activating group) is 1. The molecule has 2 rings (SSSR count). The molecular weight excluding hydrogens is 344 g/mol. The molecule has 0 radical (unpaired) electrons. The first kappa shape index (κ1) is 20.6. The molecule has 6 nitrogen and oxygen atoms in total. The summed E-state index contributed by atoms with van der Waals surface area (Å²) in [5.74, 6) is 1.98. The molecule has 146 valence electrons. The van der Waals surface area contributed by atoms with Gasteiger partial charge in [-0.15, -0.1) is 0 Å². The first-order valence-corrected chi connectivity index (χ1v) is 8.89. The number of aryl methyl sites for hydroxylation is 1. The summed E-state index contributed by atoms with van der Waals surface area (Å²) in [6.45, 7) is 4.63. The number of para-hydroxylation sites is 2. The number of rotatable bonds is 8. The van der Waals surface area contributed by atoms with E-state index in [4.69, 9.17) is 14.2 Å². The minimum Gasteiger partial charge on any atom is -0.495 e. The van der Waals surface area contributed by atoms with Crippen LogP contribution in [0.15, 0.2) is 36.4 Å².